The summed E-state index contributed by atoms with van der Waals surface area (Å²) in [5.41, 5.74) is 0.784. The van der Waals surface area contributed by atoms with Gasteiger partial charge in [0.15, 0.2) is 0 Å². The lowest BCUT2D eigenvalue weighted by Gasteiger charge is -2.19. The quantitative estimate of drug-likeness (QED) is 0.933. The minimum atomic E-state index is -0.947. The van der Waals surface area contributed by atoms with E-state index in [1.165, 1.54) is 0 Å². The SMILES string of the molecule is CCc1nccn1-c1cc(C(=O)O)cc(C(C)(C)C)n1. The third-order valence-corrected chi connectivity index (χ3v) is 3.11. The molecule has 0 atom stereocenters. The minimum Gasteiger partial charge on any atom is -0.478 e. The molecule has 0 amide bonds. The van der Waals surface area contributed by atoms with Gasteiger partial charge < -0.3 is 5.11 Å². The Morgan fingerprint density at radius 1 is 1.35 bits per heavy atom. The Hall–Kier alpha value is -2.17. The molecule has 5 heteroatoms. The van der Waals surface area contributed by atoms with Gasteiger partial charge in [-0.1, -0.05) is 27.7 Å². The molecule has 0 radical (unpaired) electrons. The Morgan fingerprint density at radius 3 is 2.60 bits per heavy atom. The Balaban J connectivity index is 2.64. The molecule has 5 nitrogen and oxygen atoms in total. The lowest BCUT2D eigenvalue weighted by Crippen LogP contribution is -2.17. The zero-order valence-electron chi connectivity index (χ0n) is 12.2. The van der Waals surface area contributed by atoms with E-state index in [1.54, 1.807) is 24.5 Å². The summed E-state index contributed by atoms with van der Waals surface area (Å²) in [6.07, 6.45) is 4.26. The van der Waals surface area contributed by atoms with E-state index in [4.69, 9.17) is 0 Å². The summed E-state index contributed by atoms with van der Waals surface area (Å²) >= 11 is 0. The topological polar surface area (TPSA) is 68.0 Å². The molecular weight excluding hydrogens is 254 g/mol. The summed E-state index contributed by atoms with van der Waals surface area (Å²) in [6, 6.07) is 3.22. The van der Waals surface area contributed by atoms with Crippen LogP contribution >= 0.6 is 0 Å². The minimum absolute atomic E-state index is 0.215. The van der Waals surface area contributed by atoms with Gasteiger partial charge in [-0.15, -0.1) is 0 Å². The van der Waals surface area contributed by atoms with Crippen LogP contribution in [0.4, 0.5) is 0 Å². The van der Waals surface area contributed by atoms with Gasteiger partial charge in [0.05, 0.1) is 5.56 Å². The van der Waals surface area contributed by atoms with Gasteiger partial charge >= 0.3 is 5.97 Å². The van der Waals surface area contributed by atoms with Gasteiger partial charge in [0.1, 0.15) is 11.6 Å². The van der Waals surface area contributed by atoms with Gasteiger partial charge in [-0.2, -0.15) is 0 Å². The zero-order chi connectivity index (χ0) is 14.9. The zero-order valence-corrected chi connectivity index (χ0v) is 12.2. The van der Waals surface area contributed by atoms with Crippen molar-refractivity contribution in [3.63, 3.8) is 0 Å². The standard InChI is InChI=1S/C15H19N3O2/c1-5-12-16-6-7-18(12)13-9-10(14(19)20)8-11(17-13)15(2,3)4/h6-9H,5H2,1-4H3,(H,19,20). The predicted octanol–water partition coefficient (Wildman–Crippen LogP) is 2.83. The molecule has 1 N–H and O–H groups in total. The van der Waals surface area contributed by atoms with Crippen molar-refractivity contribution in [1.29, 1.82) is 0 Å². The molecule has 2 aromatic rings. The molecule has 0 unspecified atom stereocenters. The monoisotopic (exact) mass is 273 g/mol. The van der Waals surface area contributed by atoms with Crippen molar-refractivity contribution in [2.45, 2.75) is 39.5 Å². The smallest absolute Gasteiger partial charge is 0.335 e. The first-order chi connectivity index (χ1) is 9.32. The highest BCUT2D eigenvalue weighted by Crippen LogP contribution is 2.23. The number of carbonyl (C=O) groups is 1. The lowest BCUT2D eigenvalue weighted by molar-refractivity contribution is 0.0696. The number of pyridine rings is 1. The Kier molecular flexibility index (Phi) is 3.61. The van der Waals surface area contributed by atoms with Crippen molar-refractivity contribution in [3.8, 4) is 5.82 Å². The van der Waals surface area contributed by atoms with E-state index >= 15 is 0 Å². The number of aromatic nitrogens is 3. The first kappa shape index (κ1) is 14.2. The van der Waals surface area contributed by atoms with Gasteiger partial charge in [-0.3, -0.25) is 4.57 Å². The van der Waals surface area contributed by atoms with Crippen LogP contribution in [0.25, 0.3) is 5.82 Å². The molecule has 0 aromatic carbocycles. The molecule has 0 aliphatic heterocycles. The Labute approximate surface area is 118 Å². The molecule has 106 valence electrons. The van der Waals surface area contributed by atoms with Gasteiger partial charge in [0.2, 0.25) is 0 Å². The molecule has 2 aromatic heterocycles. The summed E-state index contributed by atoms with van der Waals surface area (Å²) < 4.78 is 1.84. The maximum Gasteiger partial charge on any atom is 0.335 e. The molecule has 2 rings (SSSR count). The predicted molar refractivity (Wildman–Crippen MR) is 76.4 cm³/mol. The Bertz CT molecular complexity index is 639. The van der Waals surface area contributed by atoms with E-state index in [2.05, 4.69) is 9.97 Å². The van der Waals surface area contributed by atoms with Crippen LogP contribution < -0.4 is 0 Å². The van der Waals surface area contributed by atoms with Crippen LogP contribution in [0.15, 0.2) is 24.5 Å². The van der Waals surface area contributed by atoms with Crippen LogP contribution in [0.5, 0.6) is 0 Å². The number of imidazole rings is 1. The summed E-state index contributed by atoms with van der Waals surface area (Å²) in [5, 5.41) is 9.27. The molecule has 0 fully saturated rings. The second kappa shape index (κ2) is 5.07. The fraction of sp³-hybridized carbons (Fsp3) is 0.400. The second-order valence-corrected chi connectivity index (χ2v) is 5.72. The van der Waals surface area contributed by atoms with E-state index in [-0.39, 0.29) is 11.0 Å². The molecule has 0 bridgehead atoms. The average Bonchev–Trinajstić information content (AvgIpc) is 2.85. The van der Waals surface area contributed by atoms with Crippen molar-refractivity contribution in [3.05, 3.63) is 41.6 Å². The highest BCUT2D eigenvalue weighted by molar-refractivity contribution is 5.88. The largest absolute Gasteiger partial charge is 0.478 e. The van der Waals surface area contributed by atoms with E-state index in [0.29, 0.717) is 5.82 Å². The molecule has 0 spiro atoms. The van der Waals surface area contributed by atoms with E-state index in [9.17, 15) is 9.90 Å². The fourth-order valence-electron chi connectivity index (χ4n) is 1.95. The fourth-order valence-corrected chi connectivity index (χ4v) is 1.95. The van der Waals surface area contributed by atoms with Crippen molar-refractivity contribution < 1.29 is 9.90 Å². The molecule has 2 heterocycles. The number of hydrogen-bond donors (Lipinski definition) is 1. The van der Waals surface area contributed by atoms with E-state index in [1.807, 2.05) is 32.3 Å². The summed E-state index contributed by atoms with van der Waals surface area (Å²) in [6.45, 7) is 8.04. The van der Waals surface area contributed by atoms with Crippen molar-refractivity contribution in [2.75, 3.05) is 0 Å². The first-order valence-corrected chi connectivity index (χ1v) is 6.61. The van der Waals surface area contributed by atoms with Gasteiger partial charge in [-0.25, -0.2) is 14.8 Å². The van der Waals surface area contributed by atoms with Gasteiger partial charge in [0, 0.05) is 29.9 Å². The van der Waals surface area contributed by atoms with Crippen molar-refractivity contribution in [1.82, 2.24) is 14.5 Å². The third kappa shape index (κ3) is 2.71. The van der Waals surface area contributed by atoms with E-state index < -0.39 is 5.97 Å². The number of nitrogens with zero attached hydrogens (tertiary/aromatic N) is 3. The average molecular weight is 273 g/mol. The molecule has 20 heavy (non-hydrogen) atoms. The van der Waals surface area contributed by atoms with Crippen LogP contribution in [0.3, 0.4) is 0 Å². The number of rotatable bonds is 3. The molecule has 0 saturated carbocycles. The number of aromatic carboxylic acids is 1. The molecular formula is C15H19N3O2. The van der Waals surface area contributed by atoms with Crippen molar-refractivity contribution >= 4 is 5.97 Å². The maximum atomic E-state index is 11.3. The molecule has 0 aliphatic carbocycles. The molecule has 0 saturated heterocycles. The van der Waals surface area contributed by atoms with Crippen LogP contribution in [0.2, 0.25) is 0 Å². The van der Waals surface area contributed by atoms with Crippen LogP contribution in [-0.4, -0.2) is 25.6 Å². The third-order valence-electron chi connectivity index (χ3n) is 3.11. The van der Waals surface area contributed by atoms with Gasteiger partial charge in [0.25, 0.3) is 0 Å². The first-order valence-electron chi connectivity index (χ1n) is 6.61. The van der Waals surface area contributed by atoms with Crippen LogP contribution in [0.1, 0.15) is 49.6 Å². The highest BCUT2D eigenvalue weighted by atomic mass is 16.4. The molecule has 0 aliphatic rings. The summed E-state index contributed by atoms with van der Waals surface area (Å²) in [5.74, 6) is 0.515. The number of carboxylic acid groups (broad SMARTS) is 1. The number of hydrogen-bond acceptors (Lipinski definition) is 3. The van der Waals surface area contributed by atoms with E-state index in [0.717, 1.165) is 17.9 Å². The van der Waals surface area contributed by atoms with Gasteiger partial charge in [-0.05, 0) is 12.1 Å². The second-order valence-electron chi connectivity index (χ2n) is 5.72. The number of aryl methyl sites for hydroxylation is 1. The highest BCUT2D eigenvalue weighted by Gasteiger charge is 2.20. The normalized spacial score (nSPS) is 11.6. The summed E-state index contributed by atoms with van der Waals surface area (Å²) in [7, 11) is 0. The van der Waals surface area contributed by atoms with Crippen LogP contribution in [-0.2, 0) is 11.8 Å². The lowest BCUT2D eigenvalue weighted by atomic mass is 9.90. The Morgan fingerprint density at radius 2 is 2.05 bits per heavy atom. The van der Waals surface area contributed by atoms with Crippen molar-refractivity contribution in [2.24, 2.45) is 0 Å². The maximum absolute atomic E-state index is 11.3. The van der Waals surface area contributed by atoms with Crippen LogP contribution in [0, 0.1) is 0 Å². The summed E-state index contributed by atoms with van der Waals surface area (Å²) in [4.78, 5) is 20.2. The number of carboxylic acids is 1.